The predicted molar refractivity (Wildman–Crippen MR) is 130 cm³/mol. The van der Waals surface area contributed by atoms with E-state index in [0.29, 0.717) is 17.6 Å². The van der Waals surface area contributed by atoms with Crippen LogP contribution in [0, 0.1) is 11.7 Å². The first-order valence-electron chi connectivity index (χ1n) is 12.6. The van der Waals surface area contributed by atoms with Gasteiger partial charge in [0.2, 0.25) is 0 Å². The lowest BCUT2D eigenvalue weighted by Gasteiger charge is -2.58. The number of nitrogens with zero attached hydrogens (tertiary/aromatic N) is 3. The fourth-order valence-electron chi connectivity index (χ4n) is 6.08. The van der Waals surface area contributed by atoms with Crippen molar-refractivity contribution in [3.63, 3.8) is 0 Å². The molecule has 8 nitrogen and oxygen atoms in total. The lowest BCUT2D eigenvalue weighted by Crippen LogP contribution is -2.81. The summed E-state index contributed by atoms with van der Waals surface area (Å²) in [6.07, 6.45) is 7.84. The first-order chi connectivity index (χ1) is 16.0. The van der Waals surface area contributed by atoms with Gasteiger partial charge in [0.15, 0.2) is 11.6 Å². The van der Waals surface area contributed by atoms with Crippen LogP contribution in [0.15, 0.2) is 18.2 Å². The van der Waals surface area contributed by atoms with Gasteiger partial charge in [-0.1, -0.05) is 26.2 Å². The van der Waals surface area contributed by atoms with Gasteiger partial charge < -0.3 is 20.7 Å². The molecular formula is C24H42FN7O. The molecule has 0 radical (unpaired) electrons. The molecule has 0 spiro atoms. The maximum Gasteiger partial charge on any atom is 0.167 e. The molecule has 2 saturated heterocycles. The highest BCUT2D eigenvalue weighted by atomic mass is 19.1. The molecule has 4 rings (SSSR count). The number of nitrogens with one attached hydrogen (secondary N) is 1. The number of ether oxygens (including phenoxy) is 1. The molecule has 5 atom stereocenters. The molecule has 2 heterocycles. The Morgan fingerprint density at radius 2 is 1.82 bits per heavy atom. The van der Waals surface area contributed by atoms with Crippen LogP contribution < -0.4 is 32.2 Å². The molecule has 3 aliphatic rings. The lowest BCUT2D eigenvalue weighted by molar-refractivity contribution is -0.0959. The minimum atomic E-state index is -0.572. The topological polar surface area (TPSA) is 109 Å². The van der Waals surface area contributed by atoms with Crippen LogP contribution in [-0.4, -0.2) is 61.0 Å². The van der Waals surface area contributed by atoms with Crippen molar-refractivity contribution in [3.05, 3.63) is 24.0 Å². The zero-order chi connectivity index (χ0) is 23.5. The molecule has 1 aromatic rings. The minimum Gasteiger partial charge on any atom is -0.494 e. The molecule has 1 aromatic carbocycles. The molecule has 0 aromatic heterocycles. The third-order valence-corrected chi connectivity index (χ3v) is 7.85. The summed E-state index contributed by atoms with van der Waals surface area (Å²) in [6, 6.07) is 5.40. The number of halogens is 1. The summed E-state index contributed by atoms with van der Waals surface area (Å²) in [5.41, 5.74) is 21.3. The first-order valence-corrected chi connectivity index (χ1v) is 12.6. The van der Waals surface area contributed by atoms with Crippen molar-refractivity contribution in [2.24, 2.45) is 23.1 Å². The van der Waals surface area contributed by atoms with E-state index < -0.39 is 24.7 Å². The van der Waals surface area contributed by atoms with Gasteiger partial charge in [0.25, 0.3) is 0 Å². The number of methoxy groups -OCH3 is 1. The van der Waals surface area contributed by atoms with Crippen molar-refractivity contribution < 1.29 is 9.13 Å². The number of hydrogen-bond donors (Lipinski definition) is 4. The average molecular weight is 464 g/mol. The molecule has 33 heavy (non-hydrogen) atoms. The van der Waals surface area contributed by atoms with Crippen molar-refractivity contribution in [1.29, 1.82) is 0 Å². The van der Waals surface area contributed by atoms with Crippen molar-refractivity contribution in [2.45, 2.75) is 89.2 Å². The summed E-state index contributed by atoms with van der Waals surface area (Å²) in [4.78, 5) is 6.27. The number of benzene rings is 1. The molecule has 1 saturated carbocycles. The van der Waals surface area contributed by atoms with Gasteiger partial charge in [-0.3, -0.25) is 11.5 Å². The molecule has 9 heteroatoms. The van der Waals surface area contributed by atoms with Gasteiger partial charge >= 0.3 is 0 Å². The average Bonchev–Trinajstić information content (AvgIpc) is 3.35. The van der Waals surface area contributed by atoms with E-state index in [1.807, 2.05) is 11.0 Å². The van der Waals surface area contributed by atoms with Crippen LogP contribution in [0.5, 0.6) is 5.75 Å². The Morgan fingerprint density at radius 1 is 1.06 bits per heavy atom. The van der Waals surface area contributed by atoms with Gasteiger partial charge in [0.1, 0.15) is 18.9 Å². The zero-order valence-corrected chi connectivity index (χ0v) is 20.1. The summed E-state index contributed by atoms with van der Waals surface area (Å²) in [7, 11) is 1.46. The molecule has 5 unspecified atom stereocenters. The van der Waals surface area contributed by atoms with E-state index in [1.54, 1.807) is 6.07 Å². The van der Waals surface area contributed by atoms with Crippen LogP contribution in [0.4, 0.5) is 10.1 Å². The smallest absolute Gasteiger partial charge is 0.167 e. The van der Waals surface area contributed by atoms with Crippen LogP contribution in [-0.2, 0) is 0 Å². The number of hydrogen-bond acceptors (Lipinski definition) is 8. The number of anilines is 1. The van der Waals surface area contributed by atoms with Crippen LogP contribution in [0.3, 0.4) is 0 Å². The zero-order valence-electron chi connectivity index (χ0n) is 20.1. The van der Waals surface area contributed by atoms with E-state index in [9.17, 15) is 4.39 Å². The Balaban J connectivity index is 1.68. The quantitative estimate of drug-likeness (QED) is 0.487. The van der Waals surface area contributed by atoms with Gasteiger partial charge in [0.05, 0.1) is 7.11 Å². The maximum absolute atomic E-state index is 14.7. The monoisotopic (exact) mass is 463 g/mol. The molecule has 186 valence electrons. The normalized spacial score (nSPS) is 31.2. The van der Waals surface area contributed by atoms with Gasteiger partial charge in [-0.15, -0.1) is 0 Å². The Morgan fingerprint density at radius 3 is 2.42 bits per heavy atom. The number of nitrogens with two attached hydrogens (primary N) is 3. The van der Waals surface area contributed by atoms with Crippen molar-refractivity contribution >= 4 is 5.69 Å². The highest BCUT2D eigenvalue weighted by Gasteiger charge is 2.47. The van der Waals surface area contributed by atoms with E-state index in [2.05, 4.69) is 22.0 Å². The summed E-state index contributed by atoms with van der Waals surface area (Å²) in [5, 5.41) is 3.63. The van der Waals surface area contributed by atoms with Crippen molar-refractivity contribution in [2.75, 3.05) is 25.1 Å². The summed E-state index contributed by atoms with van der Waals surface area (Å²) < 4.78 is 19.8. The summed E-state index contributed by atoms with van der Waals surface area (Å²) in [6.45, 7) is 4.01. The Labute approximate surface area is 197 Å². The third kappa shape index (κ3) is 4.99. The van der Waals surface area contributed by atoms with Crippen LogP contribution in [0.25, 0.3) is 0 Å². The van der Waals surface area contributed by atoms with Gasteiger partial charge in [0, 0.05) is 30.4 Å². The van der Waals surface area contributed by atoms with Gasteiger partial charge in [-0.25, -0.2) is 14.2 Å². The Hall–Kier alpha value is -1.49. The number of rotatable bonds is 7. The fourth-order valence-corrected chi connectivity index (χ4v) is 6.08. The van der Waals surface area contributed by atoms with Crippen LogP contribution in [0.2, 0.25) is 0 Å². The maximum atomic E-state index is 14.7. The SMILES string of the molecule is CCC(C1CCCN1)N1C(N)N(CC2CCCCC2)C(N)N(c2ccc(OC)c(F)c2)C1N. The Kier molecular flexibility index (Phi) is 8.09. The molecular weight excluding hydrogens is 421 g/mol. The molecule has 2 aliphatic heterocycles. The summed E-state index contributed by atoms with van der Waals surface area (Å²) in [5.74, 6) is 0.331. The second kappa shape index (κ2) is 10.8. The van der Waals surface area contributed by atoms with Crippen molar-refractivity contribution in [1.82, 2.24) is 15.1 Å². The first kappa shape index (κ1) is 24.6. The van der Waals surface area contributed by atoms with Crippen LogP contribution >= 0.6 is 0 Å². The molecule has 0 bridgehead atoms. The Bertz CT molecular complexity index is 771. The fraction of sp³-hybridized carbons (Fsp3) is 0.750. The van der Waals surface area contributed by atoms with Gasteiger partial charge in [-0.05, 0) is 56.7 Å². The van der Waals surface area contributed by atoms with E-state index in [-0.39, 0.29) is 11.8 Å². The molecule has 7 N–H and O–H groups in total. The molecule has 0 amide bonds. The lowest BCUT2D eigenvalue weighted by atomic mass is 9.89. The van der Waals surface area contributed by atoms with Crippen molar-refractivity contribution in [3.8, 4) is 5.75 Å². The molecule has 1 aliphatic carbocycles. The van der Waals surface area contributed by atoms with Crippen LogP contribution in [0.1, 0.15) is 58.3 Å². The summed E-state index contributed by atoms with van der Waals surface area (Å²) >= 11 is 0. The second-order valence-corrected chi connectivity index (χ2v) is 9.79. The van der Waals surface area contributed by atoms with E-state index in [1.165, 1.54) is 45.3 Å². The highest BCUT2D eigenvalue weighted by molar-refractivity contribution is 5.51. The van der Waals surface area contributed by atoms with E-state index in [4.69, 9.17) is 21.9 Å². The highest BCUT2D eigenvalue weighted by Crippen LogP contribution is 2.34. The minimum absolute atomic E-state index is 0.157. The molecule has 3 fully saturated rings. The second-order valence-electron chi connectivity index (χ2n) is 9.79. The standard InChI is InChI=1S/C24H42FN7O/c1-3-20(19-10-7-13-29-19)32-23(27)30(15-16-8-5-4-6-9-16)22(26)31(24(32)28)17-11-12-21(33-2)18(25)14-17/h11-12,14,16,19-20,22-24,29H,3-10,13,15,26-28H2,1-2H3. The largest absolute Gasteiger partial charge is 0.494 e. The van der Waals surface area contributed by atoms with E-state index in [0.717, 1.165) is 32.4 Å². The predicted octanol–water partition coefficient (Wildman–Crippen LogP) is 2.10. The van der Waals surface area contributed by atoms with Gasteiger partial charge in [-0.2, -0.15) is 0 Å². The third-order valence-electron chi connectivity index (χ3n) is 7.85. The van der Waals surface area contributed by atoms with E-state index >= 15 is 0 Å².